The van der Waals surface area contributed by atoms with Gasteiger partial charge in [-0.25, -0.2) is 4.79 Å². The van der Waals surface area contributed by atoms with Crippen molar-refractivity contribution in [1.29, 1.82) is 0 Å². The number of aromatic amines is 1. The van der Waals surface area contributed by atoms with Gasteiger partial charge < -0.3 is 16.0 Å². The molecule has 0 unspecified atom stereocenters. The van der Waals surface area contributed by atoms with E-state index in [4.69, 9.17) is 5.73 Å². The first kappa shape index (κ1) is 22.8. The maximum Gasteiger partial charge on any atom is 0.330 e. The number of H-pyrrole nitrogens is 1. The van der Waals surface area contributed by atoms with Gasteiger partial charge in [-0.3, -0.25) is 19.1 Å². The van der Waals surface area contributed by atoms with Gasteiger partial charge in [0.25, 0.3) is 5.56 Å². The number of nitrogens with one attached hydrogen (secondary N) is 2. The van der Waals surface area contributed by atoms with Crippen LogP contribution >= 0.6 is 0 Å². The van der Waals surface area contributed by atoms with Crippen LogP contribution in [0.3, 0.4) is 0 Å². The molecule has 0 spiro atoms. The molecule has 0 aliphatic heterocycles. The molecule has 0 aliphatic rings. The topological polar surface area (TPSA) is 113 Å². The van der Waals surface area contributed by atoms with Crippen LogP contribution in [0.2, 0.25) is 0 Å². The number of nitrogen functional groups attached to an aromatic ring is 1. The van der Waals surface area contributed by atoms with E-state index in [1.54, 1.807) is 4.90 Å². The van der Waals surface area contributed by atoms with Gasteiger partial charge in [0.2, 0.25) is 5.91 Å². The van der Waals surface area contributed by atoms with Crippen molar-refractivity contribution >= 4 is 17.4 Å². The van der Waals surface area contributed by atoms with Gasteiger partial charge in [0, 0.05) is 18.6 Å². The summed E-state index contributed by atoms with van der Waals surface area (Å²) in [5.41, 5.74) is 4.94. The third kappa shape index (κ3) is 6.45. The van der Waals surface area contributed by atoms with Crippen molar-refractivity contribution in [2.45, 2.75) is 67.0 Å². The number of hydrogen-bond donors (Lipinski definition) is 3. The number of carbonyl (C=O) groups excluding carboxylic acids is 1. The van der Waals surface area contributed by atoms with E-state index in [2.05, 4.69) is 10.3 Å². The predicted molar refractivity (Wildman–Crippen MR) is 110 cm³/mol. The van der Waals surface area contributed by atoms with Gasteiger partial charge in [-0.05, 0) is 32.1 Å². The van der Waals surface area contributed by atoms with E-state index in [1.165, 1.54) is 4.57 Å². The van der Waals surface area contributed by atoms with Gasteiger partial charge in [0.05, 0.1) is 6.54 Å². The third-order valence-electron chi connectivity index (χ3n) is 4.36. The molecule has 0 aliphatic carbocycles. The number of rotatable bonds is 9. The maximum absolute atomic E-state index is 12.6. The smallest absolute Gasteiger partial charge is 0.330 e. The SMILES string of the molecule is CCC(C)(C)NC(=O)CN(CC(C)C)c1c(N)n(CC(C)C)c(=O)[nH]c1=O. The molecule has 27 heavy (non-hydrogen) atoms. The summed E-state index contributed by atoms with van der Waals surface area (Å²) in [4.78, 5) is 41.3. The minimum absolute atomic E-state index is 0.00519. The molecule has 0 aromatic carbocycles. The molecule has 1 rings (SSSR count). The third-order valence-corrected chi connectivity index (χ3v) is 4.36. The number of amides is 1. The lowest BCUT2D eigenvalue weighted by molar-refractivity contribution is -0.121. The average Bonchev–Trinajstić information content (AvgIpc) is 2.49. The summed E-state index contributed by atoms with van der Waals surface area (Å²) in [5, 5.41) is 2.97. The van der Waals surface area contributed by atoms with E-state index in [0.29, 0.717) is 13.1 Å². The average molecular weight is 382 g/mol. The van der Waals surface area contributed by atoms with Crippen LogP contribution in [0.4, 0.5) is 11.5 Å². The van der Waals surface area contributed by atoms with Gasteiger partial charge in [0.15, 0.2) is 0 Å². The molecule has 0 saturated carbocycles. The lowest BCUT2D eigenvalue weighted by Crippen LogP contribution is -2.49. The highest BCUT2D eigenvalue weighted by molar-refractivity contribution is 5.83. The highest BCUT2D eigenvalue weighted by Crippen LogP contribution is 2.19. The Balaban J connectivity index is 3.33. The molecule has 1 aromatic rings. The van der Waals surface area contributed by atoms with Crippen LogP contribution in [-0.4, -0.2) is 34.1 Å². The highest BCUT2D eigenvalue weighted by atomic mass is 16.2. The van der Waals surface area contributed by atoms with Crippen molar-refractivity contribution in [2.75, 3.05) is 23.7 Å². The first-order valence-corrected chi connectivity index (χ1v) is 9.56. The Kier molecular flexibility index (Phi) is 7.68. The Bertz CT molecular complexity index is 762. The summed E-state index contributed by atoms with van der Waals surface area (Å²) in [6.45, 7) is 14.7. The van der Waals surface area contributed by atoms with Gasteiger partial charge in [-0.15, -0.1) is 0 Å². The second-order valence-corrected chi connectivity index (χ2v) is 8.56. The lowest BCUT2D eigenvalue weighted by Gasteiger charge is -2.30. The number of hydrogen-bond acceptors (Lipinski definition) is 5. The zero-order chi connectivity index (χ0) is 20.9. The predicted octanol–water partition coefficient (Wildman–Crippen LogP) is 1.54. The number of aromatic nitrogens is 2. The van der Waals surface area contributed by atoms with E-state index >= 15 is 0 Å². The normalized spacial score (nSPS) is 11.9. The Morgan fingerprint density at radius 3 is 2.30 bits per heavy atom. The Morgan fingerprint density at radius 2 is 1.81 bits per heavy atom. The van der Waals surface area contributed by atoms with Gasteiger partial charge in [-0.1, -0.05) is 34.6 Å². The molecule has 1 heterocycles. The van der Waals surface area contributed by atoms with Crippen LogP contribution < -0.4 is 27.2 Å². The second kappa shape index (κ2) is 9.10. The molecule has 0 saturated heterocycles. The second-order valence-electron chi connectivity index (χ2n) is 8.56. The standard InChI is InChI=1S/C19H35N5O3/c1-8-19(6,7)22-14(25)11-23(9-12(2)3)15-16(20)24(10-13(4)5)18(27)21-17(15)26/h12-13H,8-11,20H2,1-7H3,(H,22,25)(H,21,26,27). The highest BCUT2D eigenvalue weighted by Gasteiger charge is 2.24. The van der Waals surface area contributed by atoms with Crippen molar-refractivity contribution in [3.63, 3.8) is 0 Å². The van der Waals surface area contributed by atoms with Crippen molar-refractivity contribution in [1.82, 2.24) is 14.9 Å². The molecule has 0 radical (unpaired) electrons. The zero-order valence-corrected chi connectivity index (χ0v) is 17.7. The molecule has 0 fully saturated rings. The van der Waals surface area contributed by atoms with Crippen LogP contribution in [0.5, 0.6) is 0 Å². The van der Waals surface area contributed by atoms with Gasteiger partial charge in [-0.2, -0.15) is 0 Å². The molecule has 1 aromatic heterocycles. The molecular formula is C19H35N5O3. The fraction of sp³-hybridized carbons (Fsp3) is 0.737. The number of nitrogens with two attached hydrogens (primary N) is 1. The summed E-state index contributed by atoms with van der Waals surface area (Å²) in [7, 11) is 0. The quantitative estimate of drug-likeness (QED) is 0.600. The molecule has 4 N–H and O–H groups in total. The van der Waals surface area contributed by atoms with E-state index in [9.17, 15) is 14.4 Å². The first-order chi connectivity index (χ1) is 12.4. The largest absolute Gasteiger partial charge is 0.383 e. The van der Waals surface area contributed by atoms with Crippen molar-refractivity contribution in [2.24, 2.45) is 11.8 Å². The summed E-state index contributed by atoms with van der Waals surface area (Å²) in [6.07, 6.45) is 0.783. The van der Waals surface area contributed by atoms with E-state index in [1.807, 2.05) is 48.5 Å². The van der Waals surface area contributed by atoms with Crippen molar-refractivity contribution in [3.05, 3.63) is 20.8 Å². The van der Waals surface area contributed by atoms with Crippen LogP contribution in [-0.2, 0) is 11.3 Å². The molecule has 0 atom stereocenters. The van der Waals surface area contributed by atoms with Crippen LogP contribution in [0.25, 0.3) is 0 Å². The molecular weight excluding hydrogens is 346 g/mol. The molecule has 8 nitrogen and oxygen atoms in total. The number of carbonyl (C=O) groups is 1. The van der Waals surface area contributed by atoms with E-state index in [0.717, 1.165) is 6.42 Å². The van der Waals surface area contributed by atoms with Crippen LogP contribution in [0.1, 0.15) is 54.9 Å². The zero-order valence-electron chi connectivity index (χ0n) is 17.7. The fourth-order valence-electron chi connectivity index (χ4n) is 2.78. The van der Waals surface area contributed by atoms with E-state index < -0.39 is 11.2 Å². The molecule has 8 heteroatoms. The summed E-state index contributed by atoms with van der Waals surface area (Å²) >= 11 is 0. The lowest BCUT2D eigenvalue weighted by atomic mass is 10.0. The maximum atomic E-state index is 12.6. The molecule has 0 bridgehead atoms. The summed E-state index contributed by atoms with van der Waals surface area (Å²) in [6, 6.07) is 0. The summed E-state index contributed by atoms with van der Waals surface area (Å²) < 4.78 is 1.36. The monoisotopic (exact) mass is 381 g/mol. The molecule has 1 amide bonds. The Labute approximate surface area is 161 Å². The van der Waals surface area contributed by atoms with Crippen LogP contribution in [0.15, 0.2) is 9.59 Å². The Morgan fingerprint density at radius 1 is 1.22 bits per heavy atom. The fourth-order valence-corrected chi connectivity index (χ4v) is 2.78. The minimum Gasteiger partial charge on any atom is -0.383 e. The van der Waals surface area contributed by atoms with Gasteiger partial charge >= 0.3 is 5.69 Å². The van der Waals surface area contributed by atoms with Crippen molar-refractivity contribution < 1.29 is 4.79 Å². The summed E-state index contributed by atoms with van der Waals surface area (Å²) in [5.74, 6) is 0.278. The van der Waals surface area contributed by atoms with E-state index in [-0.39, 0.29) is 41.3 Å². The number of nitrogens with zero attached hydrogens (tertiary/aromatic N) is 2. The van der Waals surface area contributed by atoms with Crippen LogP contribution in [0, 0.1) is 11.8 Å². The number of anilines is 2. The minimum atomic E-state index is -0.569. The van der Waals surface area contributed by atoms with Gasteiger partial charge in [0.1, 0.15) is 11.5 Å². The molecule has 154 valence electrons. The first-order valence-electron chi connectivity index (χ1n) is 9.56. The van der Waals surface area contributed by atoms with Crippen molar-refractivity contribution in [3.8, 4) is 0 Å². The Hall–Kier alpha value is -2.25.